The maximum atomic E-state index is 13.4. The van der Waals surface area contributed by atoms with Crippen LogP contribution in [0.15, 0.2) is 24.3 Å². The number of aromatic nitrogens is 1. The number of aliphatic hydroxyl groups excluding tert-OH is 1. The van der Waals surface area contributed by atoms with Crippen molar-refractivity contribution in [2.24, 2.45) is 5.92 Å². The zero-order valence-corrected chi connectivity index (χ0v) is 19.1. The van der Waals surface area contributed by atoms with Crippen LogP contribution in [0.25, 0.3) is 10.9 Å². The van der Waals surface area contributed by atoms with Gasteiger partial charge < -0.3 is 20.6 Å². The van der Waals surface area contributed by atoms with E-state index in [-0.39, 0.29) is 42.2 Å². The Morgan fingerprint density at radius 3 is 2.70 bits per heavy atom. The van der Waals surface area contributed by atoms with Gasteiger partial charge in [0.05, 0.1) is 5.52 Å². The summed E-state index contributed by atoms with van der Waals surface area (Å²) >= 11 is 6.09. The number of pyridine rings is 1. The van der Waals surface area contributed by atoms with Gasteiger partial charge in [-0.15, -0.1) is 0 Å². The number of benzene rings is 1. The van der Waals surface area contributed by atoms with Gasteiger partial charge in [0, 0.05) is 53.3 Å². The van der Waals surface area contributed by atoms with E-state index in [9.17, 15) is 23.1 Å². The van der Waals surface area contributed by atoms with Gasteiger partial charge in [0.25, 0.3) is 0 Å². The predicted octanol–water partition coefficient (Wildman–Crippen LogP) is 5.04. The Morgan fingerprint density at radius 1 is 1.24 bits per heavy atom. The molecular formula is C23H28ClF3N4O2. The van der Waals surface area contributed by atoms with Gasteiger partial charge in [-0.1, -0.05) is 11.6 Å². The number of nitrogens with one attached hydrogen (secondary N) is 2. The molecule has 1 aromatic heterocycles. The van der Waals surface area contributed by atoms with E-state index in [1.54, 1.807) is 11.0 Å². The number of fused-ring (bicyclic) bond motifs is 1. The fourth-order valence-corrected chi connectivity index (χ4v) is 5.10. The Labute approximate surface area is 195 Å². The average molecular weight is 485 g/mol. The normalized spacial score (nSPS) is 25.9. The number of hydrogen-bond donors (Lipinski definition) is 3. The van der Waals surface area contributed by atoms with E-state index in [1.807, 2.05) is 6.92 Å². The van der Waals surface area contributed by atoms with Gasteiger partial charge in [0.2, 0.25) is 0 Å². The molecule has 3 N–H and O–H groups in total. The van der Waals surface area contributed by atoms with Crippen LogP contribution in [0.1, 0.15) is 44.7 Å². The summed E-state index contributed by atoms with van der Waals surface area (Å²) in [5, 5.41) is 16.7. The number of urea groups is 1. The number of likely N-dealkylation sites (tertiary alicyclic amines) is 1. The highest BCUT2D eigenvalue weighted by Crippen LogP contribution is 2.35. The summed E-state index contributed by atoms with van der Waals surface area (Å²) in [6.07, 6.45) is -0.751. The molecule has 4 rings (SSSR count). The molecule has 33 heavy (non-hydrogen) atoms. The number of halogens is 4. The van der Waals surface area contributed by atoms with Crippen molar-refractivity contribution < 1.29 is 23.1 Å². The topological polar surface area (TPSA) is 77.5 Å². The third kappa shape index (κ3) is 5.30. The Morgan fingerprint density at radius 2 is 2.00 bits per heavy atom. The number of alkyl halides is 3. The third-order valence-electron chi connectivity index (χ3n) is 6.83. The number of amides is 2. The van der Waals surface area contributed by atoms with E-state index < -0.39 is 11.9 Å². The van der Waals surface area contributed by atoms with Gasteiger partial charge in [0.1, 0.15) is 5.69 Å². The molecule has 4 atom stereocenters. The fourth-order valence-electron chi connectivity index (χ4n) is 4.93. The molecule has 180 valence electrons. The van der Waals surface area contributed by atoms with E-state index in [0.717, 1.165) is 31.7 Å². The van der Waals surface area contributed by atoms with Crippen LogP contribution in [0.4, 0.5) is 23.7 Å². The smallest absolute Gasteiger partial charge is 0.396 e. The molecule has 0 spiro atoms. The van der Waals surface area contributed by atoms with Gasteiger partial charge in [-0.2, -0.15) is 13.2 Å². The summed E-state index contributed by atoms with van der Waals surface area (Å²) in [5.74, 6) is 0.0890. The van der Waals surface area contributed by atoms with E-state index in [2.05, 4.69) is 15.6 Å². The van der Waals surface area contributed by atoms with Gasteiger partial charge in [-0.3, -0.25) is 0 Å². The van der Waals surface area contributed by atoms with Crippen molar-refractivity contribution in [2.75, 3.05) is 18.5 Å². The number of aliphatic hydroxyl groups is 1. The highest BCUT2D eigenvalue weighted by Gasteiger charge is 2.36. The lowest BCUT2D eigenvalue weighted by Crippen LogP contribution is -2.49. The first-order valence-electron chi connectivity index (χ1n) is 11.3. The summed E-state index contributed by atoms with van der Waals surface area (Å²) in [4.78, 5) is 18.3. The van der Waals surface area contributed by atoms with Crippen LogP contribution < -0.4 is 10.6 Å². The molecule has 1 aliphatic carbocycles. The number of anilines is 1. The highest BCUT2D eigenvalue weighted by atomic mass is 35.5. The molecule has 1 aliphatic heterocycles. The minimum atomic E-state index is -4.56. The van der Waals surface area contributed by atoms with Crippen LogP contribution in [0.5, 0.6) is 0 Å². The van der Waals surface area contributed by atoms with E-state index >= 15 is 0 Å². The van der Waals surface area contributed by atoms with E-state index in [0.29, 0.717) is 29.1 Å². The molecule has 1 saturated heterocycles. The second-order valence-corrected chi connectivity index (χ2v) is 9.47. The van der Waals surface area contributed by atoms with Crippen molar-refractivity contribution in [3.05, 3.63) is 35.0 Å². The van der Waals surface area contributed by atoms with Gasteiger partial charge in [0.15, 0.2) is 0 Å². The van der Waals surface area contributed by atoms with Crippen LogP contribution >= 0.6 is 11.6 Å². The quantitative estimate of drug-likeness (QED) is 0.568. The summed E-state index contributed by atoms with van der Waals surface area (Å²) in [7, 11) is 0. The summed E-state index contributed by atoms with van der Waals surface area (Å²) < 4.78 is 40.2. The molecule has 1 aromatic carbocycles. The maximum Gasteiger partial charge on any atom is 0.433 e. The summed E-state index contributed by atoms with van der Waals surface area (Å²) in [6.45, 7) is 2.61. The van der Waals surface area contributed by atoms with E-state index in [4.69, 9.17) is 11.6 Å². The minimum absolute atomic E-state index is 0.0266. The summed E-state index contributed by atoms with van der Waals surface area (Å²) in [5.41, 5.74) is -0.397. The molecule has 0 bridgehead atoms. The number of carbonyl (C=O) groups is 1. The molecule has 2 amide bonds. The Balaban J connectivity index is 1.48. The zero-order valence-electron chi connectivity index (χ0n) is 18.3. The van der Waals surface area contributed by atoms with Crippen molar-refractivity contribution in [1.82, 2.24) is 15.2 Å². The number of rotatable bonds is 4. The largest absolute Gasteiger partial charge is 0.433 e. The van der Waals surface area contributed by atoms with Crippen LogP contribution in [0.2, 0.25) is 5.02 Å². The number of hydrogen-bond acceptors (Lipinski definition) is 4. The second-order valence-electron chi connectivity index (χ2n) is 9.03. The fraction of sp³-hybridized carbons (Fsp3) is 0.565. The molecular weight excluding hydrogens is 457 g/mol. The molecule has 2 fully saturated rings. The molecule has 2 aromatic rings. The minimum Gasteiger partial charge on any atom is -0.396 e. The molecule has 6 nitrogen and oxygen atoms in total. The Kier molecular flexibility index (Phi) is 6.91. The van der Waals surface area contributed by atoms with Crippen molar-refractivity contribution >= 4 is 34.2 Å². The number of carbonyl (C=O) groups excluding carboxylic acids is 1. The lowest BCUT2D eigenvalue weighted by atomic mass is 9.90. The molecule has 10 heteroatoms. The van der Waals surface area contributed by atoms with Gasteiger partial charge in [-0.25, -0.2) is 9.78 Å². The monoisotopic (exact) mass is 484 g/mol. The SMILES string of the molecule is CC1C(CO)CCN1C(=O)N[C@@H]1CCC[C@H](Nc2cc(C(F)(F)F)nc3ccc(Cl)cc23)C1. The lowest BCUT2D eigenvalue weighted by Gasteiger charge is -2.33. The van der Waals surface area contributed by atoms with Crippen molar-refractivity contribution in [2.45, 2.75) is 63.3 Å². The van der Waals surface area contributed by atoms with Crippen molar-refractivity contribution in [1.29, 1.82) is 0 Å². The predicted molar refractivity (Wildman–Crippen MR) is 121 cm³/mol. The van der Waals surface area contributed by atoms with Crippen LogP contribution in [-0.2, 0) is 6.18 Å². The molecule has 2 unspecified atom stereocenters. The standard InChI is InChI=1S/C23H28ClF3N4O2/c1-13-14(12-32)7-8-31(13)22(33)29-17-4-2-3-16(10-17)28-20-11-21(23(25,26)27)30-19-6-5-15(24)9-18(19)20/h5-6,9,11,13-14,16-17,32H,2-4,7-8,10,12H2,1H3,(H,28,30)(H,29,33)/t13?,14?,16-,17+/m0/s1. The van der Waals surface area contributed by atoms with E-state index in [1.165, 1.54) is 12.1 Å². The molecule has 0 radical (unpaired) electrons. The molecule has 2 aliphatic rings. The van der Waals surface area contributed by atoms with Crippen LogP contribution in [-0.4, -0.2) is 52.3 Å². The average Bonchev–Trinajstić information content (AvgIpc) is 3.14. The van der Waals surface area contributed by atoms with Crippen LogP contribution in [0.3, 0.4) is 0 Å². The van der Waals surface area contributed by atoms with Gasteiger partial charge >= 0.3 is 12.2 Å². The second kappa shape index (κ2) is 9.54. The lowest BCUT2D eigenvalue weighted by molar-refractivity contribution is -0.140. The zero-order chi connectivity index (χ0) is 23.8. The first-order valence-corrected chi connectivity index (χ1v) is 11.7. The molecule has 1 saturated carbocycles. The third-order valence-corrected chi connectivity index (χ3v) is 7.07. The van der Waals surface area contributed by atoms with Crippen LogP contribution in [0, 0.1) is 5.92 Å². The maximum absolute atomic E-state index is 13.4. The Hall–Kier alpha value is -2.26. The highest BCUT2D eigenvalue weighted by molar-refractivity contribution is 6.31. The van der Waals surface area contributed by atoms with Crippen molar-refractivity contribution in [3.8, 4) is 0 Å². The first-order chi connectivity index (χ1) is 15.7. The first kappa shape index (κ1) is 23.9. The number of nitrogens with zero attached hydrogens (tertiary/aromatic N) is 2. The van der Waals surface area contributed by atoms with Crippen molar-refractivity contribution in [3.63, 3.8) is 0 Å². The summed E-state index contributed by atoms with van der Waals surface area (Å²) in [6, 6.07) is 5.29. The molecule has 2 heterocycles. The Bertz CT molecular complexity index is 1020. The van der Waals surface area contributed by atoms with Gasteiger partial charge in [-0.05, 0) is 63.3 Å².